The van der Waals surface area contributed by atoms with Gasteiger partial charge in [0.25, 0.3) is 10.2 Å². The van der Waals surface area contributed by atoms with Crippen molar-refractivity contribution in [2.45, 2.75) is 26.9 Å². The number of hydrogen-bond acceptors (Lipinski definition) is 2. The third kappa shape index (κ3) is 4.58. The van der Waals surface area contributed by atoms with Crippen LogP contribution >= 0.6 is 11.6 Å². The van der Waals surface area contributed by atoms with E-state index in [0.29, 0.717) is 6.54 Å². The minimum absolute atomic E-state index is 0.127. The molecule has 0 fully saturated rings. The second-order valence-corrected chi connectivity index (χ2v) is 8.26. The summed E-state index contributed by atoms with van der Waals surface area (Å²) in [5, 5.41) is 0.212. The Labute approximate surface area is 154 Å². The zero-order valence-electron chi connectivity index (χ0n) is 14.5. The topological polar surface area (TPSA) is 40.6 Å². The molecule has 0 spiro atoms. The van der Waals surface area contributed by atoms with Gasteiger partial charge in [-0.15, -0.1) is 0 Å². The smallest absolute Gasteiger partial charge is 0.207 e. The third-order valence-electron chi connectivity index (χ3n) is 4.12. The number of aryl methyl sites for hydroxylation is 1. The molecular weight excluding hydrogens is 363 g/mol. The third-order valence-corrected chi connectivity index (χ3v) is 6.43. The molecule has 0 aromatic heterocycles. The predicted octanol–water partition coefficient (Wildman–Crippen LogP) is 3.99. The van der Waals surface area contributed by atoms with Gasteiger partial charge in [0.15, 0.2) is 0 Å². The van der Waals surface area contributed by atoms with Crippen molar-refractivity contribution in [3.8, 4) is 0 Å². The van der Waals surface area contributed by atoms with Crippen molar-refractivity contribution in [3.05, 3.63) is 70.0 Å². The first-order chi connectivity index (χ1) is 11.8. The van der Waals surface area contributed by atoms with E-state index in [0.717, 1.165) is 15.4 Å². The van der Waals surface area contributed by atoms with Gasteiger partial charge in [-0.05, 0) is 30.2 Å². The molecule has 0 radical (unpaired) electrons. The van der Waals surface area contributed by atoms with Crippen molar-refractivity contribution in [1.29, 1.82) is 0 Å². The van der Waals surface area contributed by atoms with E-state index in [1.165, 1.54) is 23.5 Å². The van der Waals surface area contributed by atoms with E-state index in [1.807, 2.05) is 31.2 Å². The molecule has 7 heteroatoms. The highest BCUT2D eigenvalue weighted by Crippen LogP contribution is 2.23. The van der Waals surface area contributed by atoms with Gasteiger partial charge in [-0.1, -0.05) is 48.9 Å². The van der Waals surface area contributed by atoms with Crippen LogP contribution in [0.3, 0.4) is 0 Å². The van der Waals surface area contributed by atoms with Crippen molar-refractivity contribution in [2.24, 2.45) is 0 Å². The highest BCUT2D eigenvalue weighted by Gasteiger charge is 2.27. The predicted molar refractivity (Wildman–Crippen MR) is 99.1 cm³/mol. The quantitative estimate of drug-likeness (QED) is 0.724. The standard InChI is InChI=1S/C18H22ClFN2O2S/c1-4-22(12-15-9-6-5-8-14(15)2)25(23,24)21(3)13-16-17(19)10-7-11-18(16)20/h5-11H,4,12-13H2,1-3H3. The Balaban J connectivity index is 2.24. The van der Waals surface area contributed by atoms with Crippen LogP contribution in [0.4, 0.5) is 4.39 Å². The minimum atomic E-state index is -3.76. The van der Waals surface area contributed by atoms with E-state index in [4.69, 9.17) is 11.6 Å². The fraction of sp³-hybridized carbons (Fsp3) is 0.333. The van der Waals surface area contributed by atoms with Gasteiger partial charge >= 0.3 is 0 Å². The lowest BCUT2D eigenvalue weighted by atomic mass is 10.1. The summed E-state index contributed by atoms with van der Waals surface area (Å²) in [6, 6.07) is 11.9. The van der Waals surface area contributed by atoms with Crippen LogP contribution in [0.25, 0.3) is 0 Å². The SMILES string of the molecule is CCN(Cc1ccccc1C)S(=O)(=O)N(C)Cc1c(F)cccc1Cl. The van der Waals surface area contributed by atoms with E-state index in [2.05, 4.69) is 0 Å². The first-order valence-corrected chi connectivity index (χ1v) is 9.73. The molecule has 2 rings (SSSR count). The monoisotopic (exact) mass is 384 g/mol. The average molecular weight is 385 g/mol. The number of nitrogens with zero attached hydrogens (tertiary/aromatic N) is 2. The summed E-state index contributed by atoms with van der Waals surface area (Å²) in [5.41, 5.74) is 2.13. The summed E-state index contributed by atoms with van der Waals surface area (Å²) in [7, 11) is -2.33. The van der Waals surface area contributed by atoms with E-state index < -0.39 is 16.0 Å². The molecule has 4 nitrogen and oxygen atoms in total. The number of benzene rings is 2. The molecule has 0 bridgehead atoms. The maximum Gasteiger partial charge on any atom is 0.282 e. The van der Waals surface area contributed by atoms with Crippen molar-refractivity contribution < 1.29 is 12.8 Å². The largest absolute Gasteiger partial charge is 0.282 e. The van der Waals surface area contributed by atoms with Crippen LogP contribution in [0, 0.1) is 12.7 Å². The van der Waals surface area contributed by atoms with Crippen molar-refractivity contribution in [1.82, 2.24) is 8.61 Å². The Morgan fingerprint density at radius 1 is 1.08 bits per heavy atom. The molecule has 2 aromatic rings. The summed E-state index contributed by atoms with van der Waals surface area (Å²) in [5.74, 6) is -0.517. The number of halogens is 2. The molecule has 0 saturated carbocycles. The summed E-state index contributed by atoms with van der Waals surface area (Å²) < 4.78 is 42.2. The van der Waals surface area contributed by atoms with Crippen molar-refractivity contribution in [3.63, 3.8) is 0 Å². The summed E-state index contributed by atoms with van der Waals surface area (Å²) >= 11 is 6.01. The van der Waals surface area contributed by atoms with Crippen LogP contribution in [0.15, 0.2) is 42.5 Å². The number of rotatable bonds is 7. The molecule has 0 amide bonds. The van der Waals surface area contributed by atoms with Crippen LogP contribution in [-0.2, 0) is 23.3 Å². The molecule has 0 unspecified atom stereocenters. The van der Waals surface area contributed by atoms with Gasteiger partial charge in [-0.3, -0.25) is 0 Å². The van der Waals surface area contributed by atoms with Gasteiger partial charge in [0.05, 0.1) is 0 Å². The maximum absolute atomic E-state index is 14.0. The molecule has 0 heterocycles. The zero-order valence-corrected chi connectivity index (χ0v) is 16.1. The molecule has 0 aliphatic carbocycles. The zero-order chi connectivity index (χ0) is 18.6. The van der Waals surface area contributed by atoms with Crippen molar-refractivity contribution in [2.75, 3.05) is 13.6 Å². The van der Waals surface area contributed by atoms with Gasteiger partial charge < -0.3 is 0 Å². The van der Waals surface area contributed by atoms with Crippen molar-refractivity contribution >= 4 is 21.8 Å². The Morgan fingerprint density at radius 3 is 2.36 bits per heavy atom. The lowest BCUT2D eigenvalue weighted by Gasteiger charge is -2.27. The van der Waals surface area contributed by atoms with Crippen LogP contribution < -0.4 is 0 Å². The molecule has 136 valence electrons. The first-order valence-electron chi connectivity index (χ1n) is 7.96. The Bertz CT molecular complexity index is 822. The molecule has 0 atom stereocenters. The Kier molecular flexibility index (Phi) is 6.57. The molecule has 0 aliphatic rings. The molecule has 25 heavy (non-hydrogen) atoms. The van der Waals surface area contributed by atoms with Crippen LogP contribution in [0.1, 0.15) is 23.6 Å². The van der Waals surface area contributed by atoms with Crippen LogP contribution in [0.5, 0.6) is 0 Å². The van der Waals surface area contributed by atoms with Gasteiger partial charge in [0.2, 0.25) is 0 Å². The molecule has 2 aromatic carbocycles. The lowest BCUT2D eigenvalue weighted by molar-refractivity contribution is 0.359. The molecular formula is C18H22ClFN2O2S. The summed E-state index contributed by atoms with van der Waals surface area (Å²) in [6.45, 7) is 4.17. The van der Waals surface area contributed by atoms with Gasteiger partial charge in [0.1, 0.15) is 5.82 Å². The van der Waals surface area contributed by atoms with E-state index in [9.17, 15) is 12.8 Å². The fourth-order valence-corrected chi connectivity index (χ4v) is 4.06. The highest BCUT2D eigenvalue weighted by atomic mass is 35.5. The lowest BCUT2D eigenvalue weighted by Crippen LogP contribution is -2.41. The number of hydrogen-bond donors (Lipinski definition) is 0. The second kappa shape index (κ2) is 8.27. The normalized spacial score (nSPS) is 12.1. The Morgan fingerprint density at radius 2 is 1.76 bits per heavy atom. The highest BCUT2D eigenvalue weighted by molar-refractivity contribution is 7.86. The van der Waals surface area contributed by atoms with Crippen LogP contribution in [0.2, 0.25) is 5.02 Å². The second-order valence-electron chi connectivity index (χ2n) is 5.82. The van der Waals surface area contributed by atoms with Gasteiger partial charge in [0, 0.05) is 37.3 Å². The minimum Gasteiger partial charge on any atom is -0.207 e. The maximum atomic E-state index is 14.0. The van der Waals surface area contributed by atoms with E-state index >= 15 is 0 Å². The van der Waals surface area contributed by atoms with E-state index in [1.54, 1.807) is 13.0 Å². The fourth-order valence-electron chi connectivity index (χ4n) is 2.52. The summed E-state index contributed by atoms with van der Waals surface area (Å²) in [4.78, 5) is 0. The molecule has 0 N–H and O–H groups in total. The van der Waals surface area contributed by atoms with Gasteiger partial charge in [-0.2, -0.15) is 17.0 Å². The van der Waals surface area contributed by atoms with E-state index in [-0.39, 0.29) is 23.7 Å². The molecule has 0 aliphatic heterocycles. The van der Waals surface area contributed by atoms with Crippen LogP contribution in [-0.4, -0.2) is 30.6 Å². The Hall–Kier alpha value is -1.47. The van der Waals surface area contributed by atoms with Gasteiger partial charge in [-0.25, -0.2) is 4.39 Å². The average Bonchev–Trinajstić information content (AvgIpc) is 2.57. The first kappa shape index (κ1) is 19.8. The summed E-state index contributed by atoms with van der Waals surface area (Å²) in [6.07, 6.45) is 0. The molecule has 0 saturated heterocycles.